The number of amides is 1. The van der Waals surface area contributed by atoms with E-state index in [0.717, 1.165) is 6.42 Å². The summed E-state index contributed by atoms with van der Waals surface area (Å²) in [6.07, 6.45) is 0.777. The van der Waals surface area contributed by atoms with Crippen LogP contribution in [0, 0.1) is 0 Å². The highest BCUT2D eigenvalue weighted by atomic mass is 35.5. The molecule has 0 unspecified atom stereocenters. The van der Waals surface area contributed by atoms with Gasteiger partial charge in [-0.05, 0) is 34.9 Å². The van der Waals surface area contributed by atoms with Gasteiger partial charge in [0.05, 0.1) is 5.56 Å². The van der Waals surface area contributed by atoms with Crippen molar-refractivity contribution in [3.63, 3.8) is 0 Å². The minimum absolute atomic E-state index is 0.0485. The van der Waals surface area contributed by atoms with Crippen molar-refractivity contribution in [1.29, 1.82) is 0 Å². The predicted molar refractivity (Wildman–Crippen MR) is 72.4 cm³/mol. The largest absolute Gasteiger partial charge is 0.352 e. The van der Waals surface area contributed by atoms with Gasteiger partial charge in [0, 0.05) is 6.54 Å². The Bertz CT molecular complexity index is 545. The lowest BCUT2D eigenvalue weighted by atomic mass is 10.2. The maximum Gasteiger partial charge on any atom is 0.254 e. The fourth-order valence-electron chi connectivity index (χ4n) is 1.36. The van der Waals surface area contributed by atoms with Crippen molar-refractivity contribution in [2.45, 2.75) is 6.42 Å². The van der Waals surface area contributed by atoms with Gasteiger partial charge in [0.2, 0.25) is 0 Å². The third kappa shape index (κ3) is 3.41. The number of nitrogens with one attached hydrogen (secondary N) is 1. The van der Waals surface area contributed by atoms with Crippen LogP contribution >= 0.6 is 34.5 Å². The van der Waals surface area contributed by atoms with Gasteiger partial charge >= 0.3 is 0 Å². The summed E-state index contributed by atoms with van der Waals surface area (Å²) in [4.78, 5) is 11.8. The van der Waals surface area contributed by atoms with E-state index in [1.54, 1.807) is 11.3 Å². The average molecular weight is 302 g/mol. The molecule has 0 atom stereocenters. The maximum atomic E-state index is 11.8. The van der Waals surface area contributed by atoms with E-state index in [4.69, 9.17) is 23.2 Å². The molecule has 0 radical (unpaired) electrons. The second-order valence-electron chi connectivity index (χ2n) is 3.51. The summed E-state index contributed by atoms with van der Waals surface area (Å²) in [7, 11) is 0. The first-order valence-corrected chi connectivity index (χ1v) is 6.84. The summed E-state index contributed by atoms with van der Waals surface area (Å²) < 4.78 is 0. The summed E-state index contributed by atoms with van der Waals surface area (Å²) >= 11 is 13.1. The van der Waals surface area contributed by atoms with Crippen LogP contribution in [0.1, 0.15) is 15.9 Å². The van der Waals surface area contributed by atoms with Crippen LogP contribution in [0.4, 0.5) is 0 Å². The van der Waals surface area contributed by atoms with E-state index >= 15 is 0 Å². The van der Waals surface area contributed by atoms with Gasteiger partial charge in [-0.1, -0.05) is 23.2 Å². The standard InChI is InChI=1S/C11H9Cl2N3OS/c12-9-5-8(10(13)16-15-9)11(17)14-3-1-7-2-4-18-6-7/h2,4-6H,1,3H2,(H,14,17). The van der Waals surface area contributed by atoms with Crippen LogP contribution in [0.15, 0.2) is 22.9 Å². The van der Waals surface area contributed by atoms with Crippen molar-refractivity contribution in [2.24, 2.45) is 0 Å². The number of nitrogens with zero attached hydrogens (tertiary/aromatic N) is 2. The lowest BCUT2D eigenvalue weighted by Gasteiger charge is -2.05. The first kappa shape index (κ1) is 13.3. The second-order valence-corrected chi connectivity index (χ2v) is 5.03. The summed E-state index contributed by atoms with van der Waals surface area (Å²) in [5.74, 6) is -0.299. The van der Waals surface area contributed by atoms with Gasteiger partial charge in [0.25, 0.3) is 5.91 Å². The van der Waals surface area contributed by atoms with Crippen molar-refractivity contribution < 1.29 is 4.79 Å². The van der Waals surface area contributed by atoms with Crippen molar-refractivity contribution in [2.75, 3.05) is 6.54 Å². The highest BCUT2D eigenvalue weighted by Gasteiger charge is 2.12. The zero-order chi connectivity index (χ0) is 13.0. The Hall–Kier alpha value is -1.17. The Kier molecular flexibility index (Phi) is 4.52. The molecular weight excluding hydrogens is 293 g/mol. The van der Waals surface area contributed by atoms with E-state index in [2.05, 4.69) is 15.5 Å². The first-order chi connectivity index (χ1) is 8.66. The van der Waals surface area contributed by atoms with Gasteiger partial charge < -0.3 is 5.32 Å². The molecule has 18 heavy (non-hydrogen) atoms. The Balaban J connectivity index is 1.93. The van der Waals surface area contributed by atoms with Gasteiger partial charge in [-0.3, -0.25) is 4.79 Å². The summed E-state index contributed by atoms with van der Waals surface area (Å²) in [5.41, 5.74) is 1.43. The number of halogens is 2. The van der Waals surface area contributed by atoms with Crippen LogP contribution in [0.5, 0.6) is 0 Å². The molecule has 94 valence electrons. The quantitative estimate of drug-likeness (QED) is 0.945. The highest BCUT2D eigenvalue weighted by molar-refractivity contribution is 7.07. The number of carbonyl (C=O) groups is 1. The minimum Gasteiger partial charge on any atom is -0.352 e. The molecule has 0 fully saturated rings. The van der Waals surface area contributed by atoms with Gasteiger partial charge in [0.15, 0.2) is 10.3 Å². The van der Waals surface area contributed by atoms with Crippen LogP contribution in [-0.4, -0.2) is 22.6 Å². The van der Waals surface area contributed by atoms with Crippen LogP contribution < -0.4 is 5.32 Å². The Labute approximate surface area is 118 Å². The molecular formula is C11H9Cl2N3OS. The van der Waals surface area contributed by atoms with Crippen LogP contribution in [0.2, 0.25) is 10.3 Å². The van der Waals surface area contributed by atoms with Gasteiger partial charge in [-0.25, -0.2) is 0 Å². The minimum atomic E-state index is -0.299. The van der Waals surface area contributed by atoms with Crippen LogP contribution in [0.3, 0.4) is 0 Å². The molecule has 4 nitrogen and oxygen atoms in total. The first-order valence-electron chi connectivity index (χ1n) is 5.15. The second kappa shape index (κ2) is 6.13. The third-order valence-corrected chi connectivity index (χ3v) is 3.44. The molecule has 0 aliphatic heterocycles. The topological polar surface area (TPSA) is 54.9 Å². The molecule has 1 amide bonds. The van der Waals surface area contributed by atoms with E-state index in [9.17, 15) is 4.79 Å². The molecule has 2 aromatic rings. The number of hydrogen-bond acceptors (Lipinski definition) is 4. The lowest BCUT2D eigenvalue weighted by Crippen LogP contribution is -2.26. The zero-order valence-corrected chi connectivity index (χ0v) is 11.5. The molecule has 0 aliphatic rings. The SMILES string of the molecule is O=C(NCCc1ccsc1)c1cc(Cl)nnc1Cl. The van der Waals surface area contributed by atoms with Crippen molar-refractivity contribution in [3.8, 4) is 0 Å². The molecule has 2 heterocycles. The van der Waals surface area contributed by atoms with Crippen molar-refractivity contribution in [3.05, 3.63) is 44.3 Å². The van der Waals surface area contributed by atoms with Gasteiger partial charge in [0.1, 0.15) is 0 Å². The van der Waals surface area contributed by atoms with Crippen LogP contribution in [0.25, 0.3) is 0 Å². The summed E-state index contributed by atoms with van der Waals surface area (Å²) in [6.45, 7) is 0.534. The van der Waals surface area contributed by atoms with E-state index in [1.807, 2.05) is 16.8 Å². The Morgan fingerprint density at radius 3 is 2.94 bits per heavy atom. The lowest BCUT2D eigenvalue weighted by molar-refractivity contribution is 0.0954. The van der Waals surface area contributed by atoms with E-state index in [1.165, 1.54) is 11.6 Å². The smallest absolute Gasteiger partial charge is 0.254 e. The number of hydrogen-bond donors (Lipinski definition) is 1. The molecule has 0 aliphatic carbocycles. The number of rotatable bonds is 4. The maximum absolute atomic E-state index is 11.8. The molecule has 2 aromatic heterocycles. The molecule has 7 heteroatoms. The van der Waals surface area contributed by atoms with Crippen molar-refractivity contribution >= 4 is 40.4 Å². The van der Waals surface area contributed by atoms with E-state index in [-0.39, 0.29) is 21.8 Å². The molecule has 2 rings (SSSR count). The van der Waals surface area contributed by atoms with Crippen molar-refractivity contribution in [1.82, 2.24) is 15.5 Å². The summed E-state index contributed by atoms with van der Waals surface area (Å²) in [5, 5.41) is 14.1. The fourth-order valence-corrected chi connectivity index (χ4v) is 2.39. The Morgan fingerprint density at radius 2 is 2.22 bits per heavy atom. The summed E-state index contributed by atoms with van der Waals surface area (Å²) in [6, 6.07) is 3.42. The highest BCUT2D eigenvalue weighted by Crippen LogP contribution is 2.15. The zero-order valence-electron chi connectivity index (χ0n) is 9.19. The van der Waals surface area contributed by atoms with Gasteiger partial charge in [-0.2, -0.15) is 11.3 Å². The number of aromatic nitrogens is 2. The Morgan fingerprint density at radius 1 is 1.39 bits per heavy atom. The van der Waals surface area contributed by atoms with Gasteiger partial charge in [-0.15, -0.1) is 10.2 Å². The molecule has 0 spiro atoms. The molecule has 0 bridgehead atoms. The third-order valence-electron chi connectivity index (χ3n) is 2.24. The average Bonchev–Trinajstić information content (AvgIpc) is 2.85. The molecule has 1 N–H and O–H groups in total. The number of carbonyl (C=O) groups excluding carboxylic acids is 1. The molecule has 0 aromatic carbocycles. The normalized spacial score (nSPS) is 10.3. The van der Waals surface area contributed by atoms with E-state index < -0.39 is 0 Å². The molecule has 0 saturated carbocycles. The number of thiophene rings is 1. The molecule has 0 saturated heterocycles. The van der Waals surface area contributed by atoms with Crippen LogP contribution in [-0.2, 0) is 6.42 Å². The van der Waals surface area contributed by atoms with E-state index in [0.29, 0.717) is 6.54 Å². The fraction of sp³-hybridized carbons (Fsp3) is 0.182. The predicted octanol–water partition coefficient (Wildman–Crippen LogP) is 2.82. The monoisotopic (exact) mass is 301 g/mol.